The van der Waals surface area contributed by atoms with Crippen molar-refractivity contribution in [2.75, 3.05) is 19.1 Å². The highest BCUT2D eigenvalue weighted by molar-refractivity contribution is 6.17. The maximum absolute atomic E-state index is 5.57. The lowest BCUT2D eigenvalue weighted by Gasteiger charge is -2.00. The van der Waals surface area contributed by atoms with Gasteiger partial charge in [-0.15, -0.1) is 11.6 Å². The summed E-state index contributed by atoms with van der Waals surface area (Å²) in [4.78, 5) is 4.25. The van der Waals surface area contributed by atoms with Crippen molar-refractivity contribution in [3.63, 3.8) is 0 Å². The maximum atomic E-state index is 5.57. The number of alkyl halides is 1. The van der Waals surface area contributed by atoms with E-state index in [-0.39, 0.29) is 0 Å². The molecule has 1 unspecified atom stereocenters. The first-order chi connectivity index (χ1) is 6.88. The predicted molar refractivity (Wildman–Crippen MR) is 51.4 cm³/mol. The van der Waals surface area contributed by atoms with E-state index in [1.165, 1.54) is 0 Å². The Kier molecular flexibility index (Phi) is 3.37. The molecule has 0 bridgehead atoms. The molecule has 0 aromatic carbocycles. The number of aryl methyl sites for hydroxylation is 1. The second-order valence-corrected chi connectivity index (χ2v) is 3.86. The Morgan fingerprint density at radius 3 is 3.14 bits per heavy atom. The summed E-state index contributed by atoms with van der Waals surface area (Å²) < 4.78 is 10.3. The lowest BCUT2D eigenvalue weighted by atomic mass is 10.1. The van der Waals surface area contributed by atoms with Crippen molar-refractivity contribution in [1.82, 2.24) is 10.1 Å². The zero-order valence-corrected chi connectivity index (χ0v) is 8.66. The molecule has 1 aliphatic rings. The van der Waals surface area contributed by atoms with Crippen molar-refractivity contribution in [3.05, 3.63) is 11.7 Å². The molecule has 0 N–H and O–H groups in total. The Labute approximate surface area is 87.6 Å². The largest absolute Gasteiger partial charge is 0.381 e. The van der Waals surface area contributed by atoms with Gasteiger partial charge in [0.2, 0.25) is 5.89 Å². The summed E-state index contributed by atoms with van der Waals surface area (Å²) in [6, 6.07) is 0. The van der Waals surface area contributed by atoms with Gasteiger partial charge < -0.3 is 9.26 Å². The Balaban J connectivity index is 1.88. The summed E-state index contributed by atoms with van der Waals surface area (Å²) in [6.07, 6.45) is 2.60. The molecule has 2 rings (SSSR count). The zero-order chi connectivity index (χ0) is 9.80. The van der Waals surface area contributed by atoms with Crippen LogP contribution < -0.4 is 0 Å². The van der Waals surface area contributed by atoms with Gasteiger partial charge in [-0.1, -0.05) is 5.16 Å². The van der Waals surface area contributed by atoms with Gasteiger partial charge >= 0.3 is 0 Å². The minimum Gasteiger partial charge on any atom is -0.381 e. The number of hydrogen-bond acceptors (Lipinski definition) is 4. The highest BCUT2D eigenvalue weighted by Gasteiger charge is 2.18. The topological polar surface area (TPSA) is 48.2 Å². The summed E-state index contributed by atoms with van der Waals surface area (Å²) in [7, 11) is 0. The summed E-state index contributed by atoms with van der Waals surface area (Å²) >= 11 is 5.57. The first kappa shape index (κ1) is 9.93. The van der Waals surface area contributed by atoms with Crippen molar-refractivity contribution in [2.45, 2.75) is 19.3 Å². The molecule has 0 spiro atoms. The molecule has 1 atom stereocenters. The van der Waals surface area contributed by atoms with Gasteiger partial charge in [0.25, 0.3) is 0 Å². The van der Waals surface area contributed by atoms with Gasteiger partial charge in [0.05, 0.1) is 0 Å². The summed E-state index contributed by atoms with van der Waals surface area (Å²) in [5.41, 5.74) is 0. The molecule has 2 heterocycles. The molecule has 4 nitrogen and oxygen atoms in total. The number of ether oxygens (including phenoxy) is 1. The number of hydrogen-bond donors (Lipinski definition) is 0. The number of aromatic nitrogens is 2. The molecule has 1 saturated heterocycles. The maximum Gasteiger partial charge on any atom is 0.227 e. The molecule has 1 aliphatic heterocycles. The van der Waals surface area contributed by atoms with Crippen molar-refractivity contribution in [1.29, 1.82) is 0 Å². The van der Waals surface area contributed by atoms with Crippen molar-refractivity contribution in [3.8, 4) is 0 Å². The molecule has 1 aromatic heterocycles. The van der Waals surface area contributed by atoms with E-state index in [2.05, 4.69) is 10.1 Å². The number of rotatable bonds is 4. The standard InChI is InChI=1S/C9H13ClN2O2/c10-3-1-9-11-8(12-14-9)5-7-2-4-13-6-7/h7H,1-6H2. The molecular formula is C9H13ClN2O2. The van der Waals surface area contributed by atoms with E-state index < -0.39 is 0 Å². The lowest BCUT2D eigenvalue weighted by Crippen LogP contribution is -2.05. The van der Waals surface area contributed by atoms with Gasteiger partial charge in [0, 0.05) is 31.9 Å². The molecule has 0 saturated carbocycles. The van der Waals surface area contributed by atoms with Crippen molar-refractivity contribution in [2.24, 2.45) is 5.92 Å². The van der Waals surface area contributed by atoms with Crippen LogP contribution in [-0.2, 0) is 17.6 Å². The Morgan fingerprint density at radius 2 is 2.43 bits per heavy atom. The van der Waals surface area contributed by atoms with E-state index in [4.69, 9.17) is 20.9 Å². The fourth-order valence-electron chi connectivity index (χ4n) is 1.56. The zero-order valence-electron chi connectivity index (χ0n) is 7.91. The van der Waals surface area contributed by atoms with E-state index in [9.17, 15) is 0 Å². The first-order valence-electron chi connectivity index (χ1n) is 4.83. The minimum absolute atomic E-state index is 0.522. The van der Waals surface area contributed by atoms with Crippen LogP contribution in [0.2, 0.25) is 0 Å². The van der Waals surface area contributed by atoms with Gasteiger partial charge in [-0.05, 0) is 12.3 Å². The van der Waals surface area contributed by atoms with Crippen LogP contribution in [0.1, 0.15) is 18.1 Å². The fourth-order valence-corrected chi connectivity index (χ4v) is 1.72. The van der Waals surface area contributed by atoms with E-state index in [0.717, 1.165) is 31.9 Å². The van der Waals surface area contributed by atoms with E-state index in [1.807, 2.05) is 0 Å². The third kappa shape index (κ3) is 2.45. The van der Waals surface area contributed by atoms with Crippen molar-refractivity contribution >= 4 is 11.6 Å². The van der Waals surface area contributed by atoms with Crippen LogP contribution in [0.3, 0.4) is 0 Å². The predicted octanol–water partition coefficient (Wildman–Crippen LogP) is 1.43. The molecule has 78 valence electrons. The molecule has 14 heavy (non-hydrogen) atoms. The smallest absolute Gasteiger partial charge is 0.227 e. The third-order valence-electron chi connectivity index (χ3n) is 2.31. The first-order valence-corrected chi connectivity index (χ1v) is 5.37. The van der Waals surface area contributed by atoms with Gasteiger partial charge in [-0.3, -0.25) is 0 Å². The molecular weight excluding hydrogens is 204 g/mol. The normalized spacial score (nSPS) is 21.6. The minimum atomic E-state index is 0.522. The summed E-state index contributed by atoms with van der Waals surface area (Å²) in [5.74, 6) is 2.49. The number of nitrogens with zero attached hydrogens (tertiary/aromatic N) is 2. The Hall–Kier alpha value is -0.610. The average Bonchev–Trinajstić information content (AvgIpc) is 2.79. The SMILES string of the molecule is ClCCc1nc(CC2CCOC2)no1. The Morgan fingerprint density at radius 1 is 1.50 bits per heavy atom. The molecule has 1 fully saturated rings. The van der Waals surface area contributed by atoms with Crippen LogP contribution in [0.25, 0.3) is 0 Å². The second kappa shape index (κ2) is 4.75. The van der Waals surface area contributed by atoms with Gasteiger partial charge in [-0.25, -0.2) is 0 Å². The number of halogens is 1. The van der Waals surface area contributed by atoms with Gasteiger partial charge in [0.1, 0.15) is 0 Å². The Bertz CT molecular complexity index is 284. The highest BCUT2D eigenvalue weighted by atomic mass is 35.5. The lowest BCUT2D eigenvalue weighted by molar-refractivity contribution is 0.185. The monoisotopic (exact) mass is 216 g/mol. The van der Waals surface area contributed by atoms with E-state index in [0.29, 0.717) is 24.1 Å². The van der Waals surface area contributed by atoms with Crippen LogP contribution in [-0.4, -0.2) is 29.2 Å². The van der Waals surface area contributed by atoms with Crippen LogP contribution in [0.5, 0.6) is 0 Å². The summed E-state index contributed by atoms with van der Waals surface area (Å²) in [5, 5.41) is 3.90. The average molecular weight is 217 g/mol. The molecule has 0 radical (unpaired) electrons. The summed E-state index contributed by atoms with van der Waals surface area (Å²) in [6.45, 7) is 1.68. The van der Waals surface area contributed by atoms with Crippen molar-refractivity contribution < 1.29 is 9.26 Å². The third-order valence-corrected chi connectivity index (χ3v) is 2.50. The van der Waals surface area contributed by atoms with Crippen LogP contribution in [0, 0.1) is 5.92 Å². The van der Waals surface area contributed by atoms with Crippen LogP contribution in [0.15, 0.2) is 4.52 Å². The molecule has 1 aromatic rings. The van der Waals surface area contributed by atoms with Gasteiger partial charge in [0.15, 0.2) is 5.82 Å². The second-order valence-electron chi connectivity index (χ2n) is 3.48. The van der Waals surface area contributed by atoms with Crippen LogP contribution >= 0.6 is 11.6 Å². The van der Waals surface area contributed by atoms with Gasteiger partial charge in [-0.2, -0.15) is 4.98 Å². The molecule has 0 aliphatic carbocycles. The van der Waals surface area contributed by atoms with E-state index >= 15 is 0 Å². The van der Waals surface area contributed by atoms with E-state index in [1.54, 1.807) is 0 Å². The fraction of sp³-hybridized carbons (Fsp3) is 0.778. The van der Waals surface area contributed by atoms with Crippen LogP contribution in [0.4, 0.5) is 0 Å². The quantitative estimate of drug-likeness (QED) is 0.715. The highest BCUT2D eigenvalue weighted by Crippen LogP contribution is 2.16. The molecule has 0 amide bonds. The molecule has 5 heteroatoms.